The van der Waals surface area contributed by atoms with Gasteiger partial charge in [0.25, 0.3) is 0 Å². The first-order chi connectivity index (χ1) is 7.95. The lowest BCUT2D eigenvalue weighted by Gasteiger charge is -2.08. The molecule has 1 aromatic rings. The molecule has 0 unspecified atom stereocenters. The van der Waals surface area contributed by atoms with Gasteiger partial charge in [-0.25, -0.2) is 8.78 Å². The van der Waals surface area contributed by atoms with E-state index >= 15 is 0 Å². The standard InChI is InChI=1S/C11H10F2O4/c1-6(14)17-5-10(15)8-3-7(12)4-9(13)11(8)16-2/h3-4H,5H2,1-2H3. The Kier molecular flexibility index (Phi) is 4.14. The van der Waals surface area contributed by atoms with E-state index in [0.717, 1.165) is 20.1 Å². The zero-order chi connectivity index (χ0) is 13.0. The highest BCUT2D eigenvalue weighted by atomic mass is 19.1. The summed E-state index contributed by atoms with van der Waals surface area (Å²) in [6.07, 6.45) is 0. The van der Waals surface area contributed by atoms with Crippen LogP contribution in [0.4, 0.5) is 8.78 Å². The van der Waals surface area contributed by atoms with Crippen LogP contribution in [0.1, 0.15) is 17.3 Å². The molecule has 0 heterocycles. The minimum atomic E-state index is -0.987. The second kappa shape index (κ2) is 5.38. The van der Waals surface area contributed by atoms with Gasteiger partial charge in [-0.05, 0) is 6.07 Å². The number of esters is 1. The van der Waals surface area contributed by atoms with Gasteiger partial charge in [-0.1, -0.05) is 0 Å². The number of carbonyl (C=O) groups is 2. The van der Waals surface area contributed by atoms with Crippen LogP contribution >= 0.6 is 0 Å². The Labute approximate surface area is 96.1 Å². The Morgan fingerprint density at radius 3 is 2.47 bits per heavy atom. The number of hydrogen-bond acceptors (Lipinski definition) is 4. The number of benzene rings is 1. The minimum absolute atomic E-state index is 0.300. The van der Waals surface area contributed by atoms with Gasteiger partial charge >= 0.3 is 5.97 Å². The smallest absolute Gasteiger partial charge is 0.303 e. The molecule has 1 aromatic carbocycles. The van der Waals surface area contributed by atoms with Crippen LogP contribution in [0.5, 0.6) is 5.75 Å². The van der Waals surface area contributed by atoms with Crippen LogP contribution in [0.3, 0.4) is 0 Å². The van der Waals surface area contributed by atoms with Crippen LogP contribution in [0.15, 0.2) is 12.1 Å². The number of halogens is 2. The lowest BCUT2D eigenvalue weighted by atomic mass is 10.1. The van der Waals surface area contributed by atoms with E-state index in [-0.39, 0.29) is 11.3 Å². The van der Waals surface area contributed by atoms with E-state index in [2.05, 4.69) is 9.47 Å². The molecule has 0 amide bonds. The van der Waals surface area contributed by atoms with Gasteiger partial charge in [0.15, 0.2) is 18.2 Å². The van der Waals surface area contributed by atoms with Crippen molar-refractivity contribution in [3.63, 3.8) is 0 Å². The van der Waals surface area contributed by atoms with Gasteiger partial charge in [-0.3, -0.25) is 9.59 Å². The van der Waals surface area contributed by atoms with Crippen molar-refractivity contribution in [1.29, 1.82) is 0 Å². The third-order valence-electron chi connectivity index (χ3n) is 1.92. The van der Waals surface area contributed by atoms with Crippen LogP contribution in [0.25, 0.3) is 0 Å². The molecule has 0 bridgehead atoms. The van der Waals surface area contributed by atoms with Crippen LogP contribution in [-0.2, 0) is 9.53 Å². The van der Waals surface area contributed by atoms with Crippen molar-refractivity contribution in [1.82, 2.24) is 0 Å². The Morgan fingerprint density at radius 1 is 1.29 bits per heavy atom. The van der Waals surface area contributed by atoms with Gasteiger partial charge < -0.3 is 9.47 Å². The number of ether oxygens (including phenoxy) is 2. The molecular formula is C11H10F2O4. The molecule has 0 aliphatic carbocycles. The molecule has 17 heavy (non-hydrogen) atoms. The van der Waals surface area contributed by atoms with E-state index in [9.17, 15) is 18.4 Å². The van der Waals surface area contributed by atoms with Crippen LogP contribution < -0.4 is 4.74 Å². The molecule has 4 nitrogen and oxygen atoms in total. The summed E-state index contributed by atoms with van der Waals surface area (Å²) in [6, 6.07) is 1.43. The van der Waals surface area contributed by atoms with Crippen molar-refractivity contribution in [3.8, 4) is 5.75 Å². The number of ketones is 1. The highest BCUT2D eigenvalue weighted by Crippen LogP contribution is 2.24. The SMILES string of the molecule is COc1c(F)cc(F)cc1C(=O)COC(C)=O. The molecule has 0 fully saturated rings. The van der Waals surface area contributed by atoms with Crippen molar-refractivity contribution in [3.05, 3.63) is 29.3 Å². The molecule has 1 rings (SSSR count). The second-order valence-electron chi connectivity index (χ2n) is 3.17. The van der Waals surface area contributed by atoms with Crippen molar-refractivity contribution >= 4 is 11.8 Å². The summed E-state index contributed by atoms with van der Waals surface area (Å²) in [6.45, 7) is 0.533. The summed E-state index contributed by atoms with van der Waals surface area (Å²) in [7, 11) is 1.15. The topological polar surface area (TPSA) is 52.6 Å². The second-order valence-corrected chi connectivity index (χ2v) is 3.17. The monoisotopic (exact) mass is 244 g/mol. The van der Waals surface area contributed by atoms with E-state index in [0.29, 0.717) is 6.07 Å². The number of hydrogen-bond donors (Lipinski definition) is 0. The lowest BCUT2D eigenvalue weighted by molar-refractivity contribution is -0.139. The maximum absolute atomic E-state index is 13.2. The largest absolute Gasteiger partial charge is 0.493 e. The fourth-order valence-electron chi connectivity index (χ4n) is 1.22. The predicted molar refractivity (Wildman–Crippen MR) is 53.9 cm³/mol. The molecule has 92 valence electrons. The Morgan fingerprint density at radius 2 is 1.94 bits per heavy atom. The minimum Gasteiger partial charge on any atom is -0.493 e. The summed E-state index contributed by atoms with van der Waals surface area (Å²) in [4.78, 5) is 22.1. The fraction of sp³-hybridized carbons (Fsp3) is 0.273. The maximum Gasteiger partial charge on any atom is 0.303 e. The number of methoxy groups -OCH3 is 1. The summed E-state index contributed by atoms with van der Waals surface area (Å²) < 4.78 is 35.3. The molecule has 0 radical (unpaired) electrons. The van der Waals surface area contributed by atoms with Crippen molar-refractivity contribution in [2.75, 3.05) is 13.7 Å². The maximum atomic E-state index is 13.2. The first-order valence-electron chi connectivity index (χ1n) is 4.65. The van der Waals surface area contributed by atoms with E-state index in [4.69, 9.17) is 0 Å². The highest BCUT2D eigenvalue weighted by molar-refractivity contribution is 6.00. The van der Waals surface area contributed by atoms with Crippen molar-refractivity contribution in [2.24, 2.45) is 0 Å². The van der Waals surface area contributed by atoms with Gasteiger partial charge in [0.2, 0.25) is 5.78 Å². The van der Waals surface area contributed by atoms with E-state index in [1.54, 1.807) is 0 Å². The summed E-state index contributed by atoms with van der Waals surface area (Å²) >= 11 is 0. The molecule has 0 saturated heterocycles. The molecule has 0 spiro atoms. The quantitative estimate of drug-likeness (QED) is 0.597. The van der Waals surface area contributed by atoms with Crippen LogP contribution in [0, 0.1) is 11.6 Å². The third-order valence-corrected chi connectivity index (χ3v) is 1.92. The normalized spacial score (nSPS) is 9.88. The number of Topliss-reactive ketones (excluding diaryl/α,β-unsaturated/α-hetero) is 1. The average Bonchev–Trinajstić information content (AvgIpc) is 2.24. The highest BCUT2D eigenvalue weighted by Gasteiger charge is 2.18. The van der Waals surface area contributed by atoms with Gasteiger partial charge in [0, 0.05) is 13.0 Å². The van der Waals surface area contributed by atoms with E-state index in [1.165, 1.54) is 0 Å². The molecule has 0 atom stereocenters. The summed E-state index contributed by atoms with van der Waals surface area (Å²) in [5, 5.41) is 0. The van der Waals surface area contributed by atoms with E-state index in [1.807, 2.05) is 0 Å². The first-order valence-corrected chi connectivity index (χ1v) is 4.65. The van der Waals surface area contributed by atoms with Crippen molar-refractivity contribution in [2.45, 2.75) is 6.92 Å². The molecule has 0 saturated carbocycles. The fourth-order valence-corrected chi connectivity index (χ4v) is 1.22. The van der Waals surface area contributed by atoms with Gasteiger partial charge in [0.1, 0.15) is 5.82 Å². The zero-order valence-corrected chi connectivity index (χ0v) is 9.25. The van der Waals surface area contributed by atoms with Gasteiger partial charge in [0.05, 0.1) is 12.7 Å². The van der Waals surface area contributed by atoms with Gasteiger partial charge in [-0.2, -0.15) is 0 Å². The Balaban J connectivity index is 3.03. The average molecular weight is 244 g/mol. The molecule has 6 heteroatoms. The summed E-state index contributed by atoms with van der Waals surface area (Å²) in [5.74, 6) is -3.67. The van der Waals surface area contributed by atoms with E-state index < -0.39 is 30.0 Å². The first kappa shape index (κ1) is 13.1. The molecular weight excluding hydrogens is 234 g/mol. The predicted octanol–water partition coefficient (Wildman–Crippen LogP) is 1.72. The third kappa shape index (κ3) is 3.24. The molecule has 0 aliphatic rings. The van der Waals surface area contributed by atoms with Crippen molar-refractivity contribution < 1.29 is 27.8 Å². The Hall–Kier alpha value is -1.98. The lowest BCUT2D eigenvalue weighted by Crippen LogP contribution is -2.14. The summed E-state index contributed by atoms with van der Waals surface area (Å²) in [5.41, 5.74) is -0.300. The molecule has 0 aromatic heterocycles. The van der Waals surface area contributed by atoms with Crippen LogP contribution in [0.2, 0.25) is 0 Å². The van der Waals surface area contributed by atoms with Gasteiger partial charge in [-0.15, -0.1) is 0 Å². The Bertz CT molecular complexity index is 457. The molecule has 0 N–H and O–H groups in total. The zero-order valence-electron chi connectivity index (χ0n) is 9.25. The molecule has 0 aliphatic heterocycles. The number of carbonyl (C=O) groups excluding carboxylic acids is 2. The number of rotatable bonds is 4. The van der Waals surface area contributed by atoms with Crippen LogP contribution in [-0.4, -0.2) is 25.5 Å².